The zero-order chi connectivity index (χ0) is 45.9. The highest BCUT2D eigenvalue weighted by molar-refractivity contribution is 6.04. The largest absolute Gasteiger partial charge is 1.00 e. The molecule has 2 aliphatic heterocycles. The fraction of sp³-hybridized carbons (Fsp3) is 0.383. The molecule has 348 valence electrons. The highest BCUT2D eigenvalue weighted by Crippen LogP contribution is 2.48. The van der Waals surface area contributed by atoms with E-state index in [-0.39, 0.29) is 68.8 Å². The lowest BCUT2D eigenvalue weighted by Crippen LogP contribution is -3.00. The summed E-state index contributed by atoms with van der Waals surface area (Å²) in [6.07, 6.45) is 0. The molecule has 0 unspecified atom stereocenters. The van der Waals surface area contributed by atoms with E-state index in [9.17, 15) is 19.2 Å². The van der Waals surface area contributed by atoms with E-state index in [1.807, 2.05) is 110 Å². The summed E-state index contributed by atoms with van der Waals surface area (Å²) in [6, 6.07) is 21.0. The monoisotopic (exact) mass is 962 g/mol. The molecule has 0 fully saturated rings. The second kappa shape index (κ2) is 22.9. The van der Waals surface area contributed by atoms with Crippen molar-refractivity contribution in [1.29, 1.82) is 0 Å². The van der Waals surface area contributed by atoms with Crippen LogP contribution in [0.2, 0.25) is 0 Å². The second-order valence-electron chi connectivity index (χ2n) is 15.3. The number of carbonyl (C=O) groups is 4. The highest BCUT2D eigenvalue weighted by atomic mass is 79.9. The Balaban J connectivity index is 0.00000793. The van der Waals surface area contributed by atoms with Gasteiger partial charge < -0.3 is 74.0 Å². The van der Waals surface area contributed by atoms with Gasteiger partial charge in [-0.1, -0.05) is 6.07 Å². The van der Waals surface area contributed by atoms with Gasteiger partial charge in [-0.15, -0.1) is 0 Å². The molecule has 0 amide bonds. The van der Waals surface area contributed by atoms with Crippen LogP contribution in [0.1, 0.15) is 12.5 Å². The van der Waals surface area contributed by atoms with Crippen molar-refractivity contribution in [2.75, 3.05) is 123 Å². The molecule has 2 heterocycles. The van der Waals surface area contributed by atoms with Crippen LogP contribution < -0.4 is 55.8 Å². The van der Waals surface area contributed by atoms with E-state index < -0.39 is 37.3 Å². The number of methoxy groups -OCH3 is 2. The van der Waals surface area contributed by atoms with Crippen molar-refractivity contribution in [3.63, 3.8) is 0 Å². The lowest BCUT2D eigenvalue weighted by molar-refractivity contribution is -0.167. The summed E-state index contributed by atoms with van der Waals surface area (Å²) in [6.45, 7) is 2.78. The van der Waals surface area contributed by atoms with Crippen molar-refractivity contribution in [3.8, 4) is 39.7 Å². The molecule has 3 aliphatic rings. The first-order valence-electron chi connectivity index (χ1n) is 20.6. The zero-order valence-corrected chi connectivity index (χ0v) is 39.5. The van der Waals surface area contributed by atoms with Crippen LogP contribution in [0.15, 0.2) is 71.1 Å². The average molecular weight is 964 g/mol. The molecule has 3 aromatic carbocycles. The number of aryl methyl sites for hydroxylation is 1. The molecular formula is C47H55BrN4O13. The van der Waals surface area contributed by atoms with E-state index in [2.05, 4.69) is 0 Å². The van der Waals surface area contributed by atoms with Crippen LogP contribution in [0, 0.1) is 6.92 Å². The molecule has 6 rings (SSSR count). The molecule has 0 aromatic heterocycles. The van der Waals surface area contributed by atoms with Crippen LogP contribution in [-0.2, 0) is 42.9 Å². The summed E-state index contributed by atoms with van der Waals surface area (Å²) in [7, 11) is 10.4. The summed E-state index contributed by atoms with van der Waals surface area (Å²) in [5.41, 5.74) is 5.54. The van der Waals surface area contributed by atoms with Crippen LogP contribution in [0.4, 0.5) is 17.1 Å². The molecule has 3 aromatic rings. The number of rotatable bonds is 11. The van der Waals surface area contributed by atoms with Gasteiger partial charge in [-0.05, 0) is 48.9 Å². The average Bonchev–Trinajstić information content (AvgIpc) is 3.27. The number of fused-ring (bicyclic) bond motifs is 4. The standard InChI is InChI=1S/C47H55N4O13.BrH/c1-30-9-14-37-42(21-30)59-19-20-60-43-24-36(47-34-12-10-32(48(3)4)22-40(34)64-41-23-33(49(5)6)11-13-35(41)47)39(61-28-46(55)63-29-62-31(2)52)25-38(43)51(27-45(54)57-8)16-18-58-17-15-50(37)26-44(53)56-7;/h9-14,21-25H,15-20,26-29H2,1-8H3;1H/q+1;/p-1. The minimum absolute atomic E-state index is 0. The molecule has 0 N–H and O–H groups in total. The topological polar surface area (TPSA) is 168 Å². The summed E-state index contributed by atoms with van der Waals surface area (Å²) < 4.78 is 54.2. The van der Waals surface area contributed by atoms with Crippen LogP contribution in [0.5, 0.6) is 17.2 Å². The van der Waals surface area contributed by atoms with Crippen molar-refractivity contribution in [3.05, 3.63) is 77.7 Å². The molecule has 0 saturated carbocycles. The Morgan fingerprint density at radius 1 is 0.738 bits per heavy atom. The third-order valence-electron chi connectivity index (χ3n) is 10.4. The Bertz CT molecular complexity index is 2540. The molecule has 18 heteroatoms. The molecule has 65 heavy (non-hydrogen) atoms. The summed E-state index contributed by atoms with van der Waals surface area (Å²) in [4.78, 5) is 55.6. The molecule has 0 atom stereocenters. The Kier molecular flexibility index (Phi) is 17.4. The third-order valence-corrected chi connectivity index (χ3v) is 10.4. The van der Waals surface area contributed by atoms with Gasteiger partial charge in [0.15, 0.2) is 6.61 Å². The fourth-order valence-electron chi connectivity index (χ4n) is 7.06. The van der Waals surface area contributed by atoms with Crippen LogP contribution >= 0.6 is 0 Å². The van der Waals surface area contributed by atoms with E-state index in [1.165, 1.54) is 21.1 Å². The van der Waals surface area contributed by atoms with Gasteiger partial charge in [0.2, 0.25) is 12.2 Å². The quantitative estimate of drug-likeness (QED) is 0.0614. The van der Waals surface area contributed by atoms with E-state index in [4.69, 9.17) is 42.3 Å². The normalized spacial score (nSPS) is 13.0. The van der Waals surface area contributed by atoms with Crippen molar-refractivity contribution in [2.24, 2.45) is 0 Å². The van der Waals surface area contributed by atoms with Gasteiger partial charge in [-0.25, -0.2) is 9.37 Å². The first kappa shape index (κ1) is 49.5. The second-order valence-corrected chi connectivity index (χ2v) is 15.3. The maximum atomic E-state index is 13.1. The Morgan fingerprint density at radius 3 is 2.03 bits per heavy atom. The van der Waals surface area contributed by atoms with Crippen LogP contribution in [-0.4, -0.2) is 132 Å². The number of nitrogens with zero attached hydrogens (tertiary/aromatic N) is 4. The molecule has 1 aliphatic carbocycles. The van der Waals surface area contributed by atoms with Crippen LogP contribution in [0.3, 0.4) is 0 Å². The van der Waals surface area contributed by atoms with Crippen molar-refractivity contribution in [1.82, 2.24) is 4.58 Å². The number of esters is 4. The van der Waals surface area contributed by atoms with Crippen LogP contribution in [0.25, 0.3) is 33.4 Å². The maximum absolute atomic E-state index is 13.1. The minimum Gasteiger partial charge on any atom is -1.00 e. The fourth-order valence-corrected chi connectivity index (χ4v) is 7.06. The molecular weight excluding hydrogens is 908 g/mol. The van der Waals surface area contributed by atoms with E-state index >= 15 is 0 Å². The summed E-state index contributed by atoms with van der Waals surface area (Å²) in [5.74, 6) is -0.642. The number of halogens is 1. The smallest absolute Gasteiger partial charge is 0.347 e. The predicted octanol–water partition coefficient (Wildman–Crippen LogP) is 1.50. The predicted molar refractivity (Wildman–Crippen MR) is 239 cm³/mol. The Morgan fingerprint density at radius 2 is 1.40 bits per heavy atom. The number of anilines is 3. The van der Waals surface area contributed by atoms with Gasteiger partial charge in [-0.2, -0.15) is 0 Å². The van der Waals surface area contributed by atoms with Crippen molar-refractivity contribution < 1.29 is 78.5 Å². The van der Waals surface area contributed by atoms with Gasteiger partial charge >= 0.3 is 23.9 Å². The van der Waals surface area contributed by atoms with Gasteiger partial charge in [0, 0.05) is 80.1 Å². The number of hydrogen-bond donors (Lipinski definition) is 0. The highest BCUT2D eigenvalue weighted by Gasteiger charge is 2.27. The molecule has 0 spiro atoms. The number of benzene rings is 4. The number of carbonyl (C=O) groups excluding carboxylic acids is 4. The molecule has 0 saturated heterocycles. The van der Waals surface area contributed by atoms with Gasteiger partial charge in [0.1, 0.15) is 69.0 Å². The minimum atomic E-state index is -0.794. The Hall–Kier alpha value is -6.53. The van der Waals surface area contributed by atoms with Gasteiger partial charge in [0.05, 0.1) is 44.9 Å². The first-order valence-corrected chi connectivity index (χ1v) is 20.6. The lowest BCUT2D eigenvalue weighted by Gasteiger charge is -2.28. The number of hydrogen-bond acceptors (Lipinski definition) is 16. The summed E-state index contributed by atoms with van der Waals surface area (Å²) in [5, 5.41) is 1.65. The number of ether oxygens (including phenoxy) is 8. The lowest BCUT2D eigenvalue weighted by atomic mass is 9.92. The third kappa shape index (κ3) is 12.6. The van der Waals surface area contributed by atoms with Gasteiger partial charge in [0.25, 0.3) is 0 Å². The summed E-state index contributed by atoms with van der Waals surface area (Å²) >= 11 is 0. The zero-order valence-electron chi connectivity index (χ0n) is 37.9. The van der Waals surface area contributed by atoms with Gasteiger partial charge in [-0.3, -0.25) is 14.4 Å². The van der Waals surface area contributed by atoms with E-state index in [0.29, 0.717) is 51.9 Å². The first-order chi connectivity index (χ1) is 30.8. The maximum Gasteiger partial charge on any atom is 0.347 e. The van der Waals surface area contributed by atoms with E-state index in [0.717, 1.165) is 27.6 Å². The SMILES string of the molecule is COC(=O)CN1CCOCCN(CC(=O)OC)c2cc(OCC(=O)OCOC(C)=O)c(-c3c4ccc(=[N+](C)C)cc-4oc4cc(N(C)C)ccc34)cc2OCCOc2cc(C)ccc21.[Br-]. The van der Waals surface area contributed by atoms with Crippen molar-refractivity contribution in [2.45, 2.75) is 13.8 Å². The molecule has 0 bridgehead atoms. The van der Waals surface area contributed by atoms with E-state index in [1.54, 1.807) is 11.0 Å². The molecule has 0 radical (unpaired) electrons. The molecule has 17 nitrogen and oxygen atoms in total. The Labute approximate surface area is 388 Å². The van der Waals surface area contributed by atoms with Crippen molar-refractivity contribution >= 4 is 51.9 Å².